The highest BCUT2D eigenvalue weighted by Crippen LogP contribution is 2.17. The molecule has 0 aliphatic heterocycles. The van der Waals surface area contributed by atoms with Gasteiger partial charge in [-0.1, -0.05) is 25.1 Å². The standard InChI is InChI=1S/C15H24N2OS/c1-4-19-11-7-10-16-15-9-6-5-8-14(15)12-17(3)13(2)18/h5-6,8-9,16H,4,7,10-12H2,1-3H3. The van der Waals surface area contributed by atoms with Crippen molar-refractivity contribution in [3.8, 4) is 0 Å². The van der Waals surface area contributed by atoms with Crippen LogP contribution in [-0.2, 0) is 11.3 Å². The number of carbonyl (C=O) groups is 1. The molecule has 1 aromatic rings. The number of thioether (sulfide) groups is 1. The first-order valence-electron chi connectivity index (χ1n) is 6.76. The quantitative estimate of drug-likeness (QED) is 0.742. The topological polar surface area (TPSA) is 32.3 Å². The molecule has 1 amide bonds. The van der Waals surface area contributed by atoms with Crippen LogP contribution in [0.3, 0.4) is 0 Å². The van der Waals surface area contributed by atoms with E-state index in [4.69, 9.17) is 0 Å². The molecule has 19 heavy (non-hydrogen) atoms. The monoisotopic (exact) mass is 280 g/mol. The van der Waals surface area contributed by atoms with Crippen molar-refractivity contribution in [1.29, 1.82) is 0 Å². The maximum atomic E-state index is 11.3. The summed E-state index contributed by atoms with van der Waals surface area (Å²) in [4.78, 5) is 13.0. The van der Waals surface area contributed by atoms with Crippen molar-refractivity contribution in [3.05, 3.63) is 29.8 Å². The van der Waals surface area contributed by atoms with Crippen LogP contribution in [0.5, 0.6) is 0 Å². The summed E-state index contributed by atoms with van der Waals surface area (Å²) in [6, 6.07) is 8.20. The molecule has 1 aromatic carbocycles. The number of nitrogens with zero attached hydrogens (tertiary/aromatic N) is 1. The Morgan fingerprint density at radius 3 is 2.79 bits per heavy atom. The third-order valence-electron chi connectivity index (χ3n) is 2.95. The lowest BCUT2D eigenvalue weighted by Gasteiger charge is -2.18. The van der Waals surface area contributed by atoms with Gasteiger partial charge in [-0.15, -0.1) is 0 Å². The van der Waals surface area contributed by atoms with Crippen molar-refractivity contribution >= 4 is 23.4 Å². The Balaban J connectivity index is 2.50. The second-order valence-electron chi connectivity index (χ2n) is 4.51. The Morgan fingerprint density at radius 2 is 2.11 bits per heavy atom. The average molecular weight is 280 g/mol. The van der Waals surface area contributed by atoms with Crippen LogP contribution in [0.25, 0.3) is 0 Å². The van der Waals surface area contributed by atoms with Crippen LogP contribution in [0.4, 0.5) is 5.69 Å². The van der Waals surface area contributed by atoms with Gasteiger partial charge in [-0.05, 0) is 29.6 Å². The Labute approximate surface area is 120 Å². The largest absolute Gasteiger partial charge is 0.385 e. The molecule has 1 N–H and O–H groups in total. The van der Waals surface area contributed by atoms with Crippen molar-refractivity contribution in [2.24, 2.45) is 0 Å². The summed E-state index contributed by atoms with van der Waals surface area (Å²) in [5.74, 6) is 2.47. The zero-order chi connectivity index (χ0) is 14.1. The van der Waals surface area contributed by atoms with Crippen molar-refractivity contribution in [2.75, 3.05) is 30.4 Å². The number of nitrogens with one attached hydrogen (secondary N) is 1. The Hall–Kier alpha value is -1.16. The van der Waals surface area contributed by atoms with Crippen molar-refractivity contribution in [3.63, 3.8) is 0 Å². The van der Waals surface area contributed by atoms with E-state index in [1.54, 1.807) is 11.8 Å². The number of para-hydroxylation sites is 1. The summed E-state index contributed by atoms with van der Waals surface area (Å²) in [6.07, 6.45) is 1.16. The molecule has 1 rings (SSSR count). The lowest BCUT2D eigenvalue weighted by atomic mass is 10.1. The van der Waals surface area contributed by atoms with E-state index in [0.29, 0.717) is 6.54 Å². The van der Waals surface area contributed by atoms with E-state index in [9.17, 15) is 4.79 Å². The van der Waals surface area contributed by atoms with Gasteiger partial charge in [0.05, 0.1) is 0 Å². The van der Waals surface area contributed by atoms with Crippen LogP contribution in [-0.4, -0.2) is 35.9 Å². The average Bonchev–Trinajstić information content (AvgIpc) is 2.40. The molecule has 0 aromatic heterocycles. The predicted molar refractivity (Wildman–Crippen MR) is 84.7 cm³/mol. The normalized spacial score (nSPS) is 10.3. The Bertz CT molecular complexity index is 395. The number of hydrogen-bond acceptors (Lipinski definition) is 3. The smallest absolute Gasteiger partial charge is 0.219 e. The van der Waals surface area contributed by atoms with Gasteiger partial charge in [0.25, 0.3) is 0 Å². The summed E-state index contributed by atoms with van der Waals surface area (Å²) in [5, 5.41) is 3.47. The minimum atomic E-state index is 0.0918. The third kappa shape index (κ3) is 6.01. The van der Waals surface area contributed by atoms with Crippen LogP contribution < -0.4 is 5.32 Å². The van der Waals surface area contributed by atoms with Gasteiger partial charge < -0.3 is 10.2 Å². The fraction of sp³-hybridized carbons (Fsp3) is 0.533. The molecule has 0 spiro atoms. The van der Waals surface area contributed by atoms with Gasteiger partial charge in [0.15, 0.2) is 0 Å². The van der Waals surface area contributed by atoms with E-state index in [-0.39, 0.29) is 5.91 Å². The summed E-state index contributed by atoms with van der Waals surface area (Å²) in [7, 11) is 1.83. The van der Waals surface area contributed by atoms with Crippen molar-refractivity contribution < 1.29 is 4.79 Å². The molecule has 3 nitrogen and oxygen atoms in total. The molecule has 0 aliphatic carbocycles. The number of rotatable bonds is 8. The minimum absolute atomic E-state index is 0.0918. The molecule has 0 heterocycles. The highest BCUT2D eigenvalue weighted by Gasteiger charge is 2.06. The lowest BCUT2D eigenvalue weighted by Crippen LogP contribution is -2.23. The van der Waals surface area contributed by atoms with Crippen molar-refractivity contribution in [1.82, 2.24) is 4.90 Å². The number of benzene rings is 1. The zero-order valence-corrected chi connectivity index (χ0v) is 12.9. The molecule has 0 aliphatic rings. The highest BCUT2D eigenvalue weighted by atomic mass is 32.2. The zero-order valence-electron chi connectivity index (χ0n) is 12.1. The first kappa shape index (κ1) is 15.9. The number of anilines is 1. The maximum Gasteiger partial charge on any atom is 0.219 e. The van der Waals surface area contributed by atoms with E-state index in [1.165, 1.54) is 17.1 Å². The molecular weight excluding hydrogens is 256 g/mol. The second kappa shape index (κ2) is 8.86. The van der Waals surface area contributed by atoms with E-state index in [2.05, 4.69) is 24.4 Å². The molecule has 106 valence electrons. The fourth-order valence-electron chi connectivity index (χ4n) is 1.74. The highest BCUT2D eigenvalue weighted by molar-refractivity contribution is 7.99. The van der Waals surface area contributed by atoms with E-state index in [0.717, 1.165) is 18.7 Å². The van der Waals surface area contributed by atoms with Crippen LogP contribution in [0.2, 0.25) is 0 Å². The lowest BCUT2D eigenvalue weighted by molar-refractivity contribution is -0.128. The summed E-state index contributed by atoms with van der Waals surface area (Å²) < 4.78 is 0. The van der Waals surface area contributed by atoms with E-state index < -0.39 is 0 Å². The molecule has 0 radical (unpaired) electrons. The van der Waals surface area contributed by atoms with Crippen LogP contribution in [0, 0.1) is 0 Å². The molecule has 0 saturated carbocycles. The second-order valence-corrected chi connectivity index (χ2v) is 5.90. The summed E-state index contributed by atoms with van der Waals surface area (Å²) in [5.41, 5.74) is 2.31. The van der Waals surface area contributed by atoms with Crippen LogP contribution in [0.15, 0.2) is 24.3 Å². The summed E-state index contributed by atoms with van der Waals surface area (Å²) in [6.45, 7) is 5.42. The first-order valence-corrected chi connectivity index (χ1v) is 7.91. The summed E-state index contributed by atoms with van der Waals surface area (Å²) >= 11 is 1.97. The van der Waals surface area contributed by atoms with Gasteiger partial charge >= 0.3 is 0 Å². The maximum absolute atomic E-state index is 11.3. The Kier molecular flexibility index (Phi) is 7.41. The van der Waals surface area contributed by atoms with Gasteiger partial charge in [-0.25, -0.2) is 0 Å². The molecule has 0 atom stereocenters. The molecule has 0 bridgehead atoms. The minimum Gasteiger partial charge on any atom is -0.385 e. The molecule has 0 fully saturated rings. The van der Waals surface area contributed by atoms with Gasteiger partial charge in [-0.2, -0.15) is 11.8 Å². The SMILES string of the molecule is CCSCCCNc1ccccc1CN(C)C(C)=O. The van der Waals surface area contributed by atoms with E-state index in [1.807, 2.05) is 30.9 Å². The van der Waals surface area contributed by atoms with Crippen molar-refractivity contribution in [2.45, 2.75) is 26.8 Å². The van der Waals surface area contributed by atoms with E-state index >= 15 is 0 Å². The molecule has 0 saturated heterocycles. The van der Waals surface area contributed by atoms with Gasteiger partial charge in [-0.3, -0.25) is 4.79 Å². The molecule has 0 unspecified atom stereocenters. The first-order chi connectivity index (χ1) is 9.15. The van der Waals surface area contributed by atoms with Gasteiger partial charge in [0.1, 0.15) is 0 Å². The predicted octanol–water partition coefficient (Wildman–Crippen LogP) is 3.22. The number of carbonyl (C=O) groups excluding carboxylic acids is 1. The fourth-order valence-corrected chi connectivity index (χ4v) is 2.38. The van der Waals surface area contributed by atoms with Gasteiger partial charge in [0, 0.05) is 32.7 Å². The number of hydrogen-bond donors (Lipinski definition) is 1. The van der Waals surface area contributed by atoms with Gasteiger partial charge in [0.2, 0.25) is 5.91 Å². The third-order valence-corrected chi connectivity index (χ3v) is 3.93. The van der Waals surface area contributed by atoms with Crippen LogP contribution >= 0.6 is 11.8 Å². The molecule has 4 heteroatoms. The Morgan fingerprint density at radius 1 is 1.37 bits per heavy atom. The molecular formula is C15H24N2OS. The van der Waals surface area contributed by atoms with Crippen LogP contribution in [0.1, 0.15) is 25.8 Å². The number of amides is 1.